The summed E-state index contributed by atoms with van der Waals surface area (Å²) in [5.41, 5.74) is 0.883. The largest absolute Gasteiger partial charge is 0.395 e. The SMILES string of the molecule is O=C(N1CCN(CCO)CC1)C1(c2ccc(Br)cc2)CC1. The van der Waals surface area contributed by atoms with Crippen LogP contribution >= 0.6 is 15.9 Å². The average Bonchev–Trinajstić information content (AvgIpc) is 3.30. The first kappa shape index (κ1) is 15.0. The standard InChI is InChI=1S/C16H21BrN2O2/c17-14-3-1-13(2-4-14)16(5-6-16)15(21)19-9-7-18(8-10-19)11-12-20/h1-4,20H,5-12H2. The molecule has 1 saturated carbocycles. The Bertz CT molecular complexity index is 506. The molecule has 2 fully saturated rings. The molecule has 0 aromatic heterocycles. The number of hydrogen-bond acceptors (Lipinski definition) is 3. The van der Waals surface area contributed by atoms with E-state index in [-0.39, 0.29) is 17.9 Å². The van der Waals surface area contributed by atoms with Crippen molar-refractivity contribution in [2.24, 2.45) is 0 Å². The number of carbonyl (C=O) groups is 1. The summed E-state index contributed by atoms with van der Waals surface area (Å²) in [7, 11) is 0. The van der Waals surface area contributed by atoms with E-state index in [1.165, 1.54) is 0 Å². The van der Waals surface area contributed by atoms with Crippen molar-refractivity contribution in [2.45, 2.75) is 18.3 Å². The Balaban J connectivity index is 1.67. The molecule has 2 aliphatic rings. The topological polar surface area (TPSA) is 43.8 Å². The number of benzene rings is 1. The fourth-order valence-electron chi connectivity index (χ4n) is 3.14. The Morgan fingerprint density at radius 3 is 2.29 bits per heavy atom. The van der Waals surface area contributed by atoms with E-state index in [9.17, 15) is 4.79 Å². The molecule has 1 saturated heterocycles. The third-order valence-electron chi connectivity index (χ3n) is 4.63. The summed E-state index contributed by atoms with van der Waals surface area (Å²) in [6, 6.07) is 8.16. The minimum Gasteiger partial charge on any atom is -0.395 e. The molecule has 4 nitrogen and oxygen atoms in total. The minimum atomic E-state index is -0.264. The molecular weight excluding hydrogens is 332 g/mol. The molecule has 0 spiro atoms. The van der Waals surface area contributed by atoms with Crippen molar-refractivity contribution in [3.05, 3.63) is 34.3 Å². The van der Waals surface area contributed by atoms with Crippen LogP contribution < -0.4 is 0 Å². The summed E-state index contributed by atoms with van der Waals surface area (Å²) in [5, 5.41) is 8.98. The van der Waals surface area contributed by atoms with Crippen molar-refractivity contribution in [3.8, 4) is 0 Å². The number of rotatable bonds is 4. The molecule has 1 aromatic carbocycles. The van der Waals surface area contributed by atoms with E-state index >= 15 is 0 Å². The number of piperazine rings is 1. The Kier molecular flexibility index (Phi) is 4.33. The summed E-state index contributed by atoms with van der Waals surface area (Å²) in [6.07, 6.45) is 1.93. The van der Waals surface area contributed by atoms with Crippen molar-refractivity contribution in [1.82, 2.24) is 9.80 Å². The maximum atomic E-state index is 12.9. The molecule has 1 aliphatic heterocycles. The van der Waals surface area contributed by atoms with E-state index in [1.54, 1.807) is 0 Å². The fourth-order valence-corrected chi connectivity index (χ4v) is 3.40. The van der Waals surface area contributed by atoms with Crippen molar-refractivity contribution < 1.29 is 9.90 Å². The minimum absolute atomic E-state index is 0.191. The second-order valence-corrected chi connectivity index (χ2v) is 6.86. The molecule has 0 unspecified atom stereocenters. The Morgan fingerprint density at radius 2 is 1.76 bits per heavy atom. The second-order valence-electron chi connectivity index (χ2n) is 5.95. The third-order valence-corrected chi connectivity index (χ3v) is 5.16. The monoisotopic (exact) mass is 352 g/mol. The zero-order chi connectivity index (χ0) is 14.9. The van der Waals surface area contributed by atoms with Gasteiger partial charge in [-0.3, -0.25) is 9.69 Å². The van der Waals surface area contributed by atoms with Crippen LogP contribution in [-0.2, 0) is 10.2 Å². The van der Waals surface area contributed by atoms with Crippen LogP contribution in [0.3, 0.4) is 0 Å². The van der Waals surface area contributed by atoms with Gasteiger partial charge in [0.25, 0.3) is 0 Å². The van der Waals surface area contributed by atoms with Crippen LogP contribution in [0.5, 0.6) is 0 Å². The summed E-state index contributed by atoms with van der Waals surface area (Å²) in [5.74, 6) is 0.286. The number of amides is 1. The van der Waals surface area contributed by atoms with Gasteiger partial charge in [-0.2, -0.15) is 0 Å². The first-order valence-corrected chi connectivity index (χ1v) is 8.34. The van der Waals surface area contributed by atoms with Gasteiger partial charge in [0.2, 0.25) is 5.91 Å². The van der Waals surface area contributed by atoms with Gasteiger partial charge in [0.1, 0.15) is 0 Å². The van der Waals surface area contributed by atoms with Crippen molar-refractivity contribution >= 4 is 21.8 Å². The molecule has 21 heavy (non-hydrogen) atoms. The van der Waals surface area contributed by atoms with E-state index in [2.05, 4.69) is 33.0 Å². The zero-order valence-corrected chi connectivity index (χ0v) is 13.7. The molecule has 0 bridgehead atoms. The van der Waals surface area contributed by atoms with Crippen LogP contribution in [0.2, 0.25) is 0 Å². The lowest BCUT2D eigenvalue weighted by atomic mass is 9.94. The van der Waals surface area contributed by atoms with Crippen LogP contribution in [0.25, 0.3) is 0 Å². The Labute approximate surface area is 133 Å². The zero-order valence-electron chi connectivity index (χ0n) is 12.1. The predicted molar refractivity (Wildman–Crippen MR) is 85.2 cm³/mol. The van der Waals surface area contributed by atoms with E-state index in [4.69, 9.17) is 5.11 Å². The van der Waals surface area contributed by atoms with Crippen molar-refractivity contribution in [1.29, 1.82) is 0 Å². The first-order chi connectivity index (χ1) is 10.2. The Hall–Kier alpha value is -0.910. The summed E-state index contributed by atoms with van der Waals surface area (Å²) in [4.78, 5) is 17.1. The van der Waals surface area contributed by atoms with Crippen LogP contribution in [0.4, 0.5) is 0 Å². The summed E-state index contributed by atoms with van der Waals surface area (Å²) in [6.45, 7) is 4.18. The highest BCUT2D eigenvalue weighted by atomic mass is 79.9. The van der Waals surface area contributed by atoms with E-state index in [0.717, 1.165) is 49.1 Å². The average molecular weight is 353 g/mol. The van der Waals surface area contributed by atoms with Crippen molar-refractivity contribution in [3.63, 3.8) is 0 Å². The molecule has 3 rings (SSSR count). The lowest BCUT2D eigenvalue weighted by Crippen LogP contribution is -2.52. The quantitative estimate of drug-likeness (QED) is 0.895. The molecule has 0 atom stereocenters. The van der Waals surface area contributed by atoms with Crippen molar-refractivity contribution in [2.75, 3.05) is 39.3 Å². The van der Waals surface area contributed by atoms with Crippen LogP contribution in [0.1, 0.15) is 18.4 Å². The van der Waals surface area contributed by atoms with Crippen LogP contribution in [0.15, 0.2) is 28.7 Å². The van der Waals surface area contributed by atoms with Gasteiger partial charge in [-0.15, -0.1) is 0 Å². The molecule has 5 heteroatoms. The van der Waals surface area contributed by atoms with Gasteiger partial charge in [0.15, 0.2) is 0 Å². The lowest BCUT2D eigenvalue weighted by Gasteiger charge is -2.36. The van der Waals surface area contributed by atoms with Gasteiger partial charge in [-0.1, -0.05) is 28.1 Å². The fraction of sp³-hybridized carbons (Fsp3) is 0.562. The van der Waals surface area contributed by atoms with Gasteiger partial charge in [0, 0.05) is 37.2 Å². The highest BCUT2D eigenvalue weighted by Gasteiger charge is 2.53. The van der Waals surface area contributed by atoms with Gasteiger partial charge >= 0.3 is 0 Å². The molecule has 114 valence electrons. The maximum Gasteiger partial charge on any atom is 0.233 e. The smallest absolute Gasteiger partial charge is 0.233 e. The second kappa shape index (κ2) is 6.07. The lowest BCUT2D eigenvalue weighted by molar-refractivity contribution is -0.135. The number of hydrogen-bond donors (Lipinski definition) is 1. The molecule has 1 aliphatic carbocycles. The van der Waals surface area contributed by atoms with Crippen LogP contribution in [-0.4, -0.2) is 60.1 Å². The number of aliphatic hydroxyl groups is 1. The van der Waals surface area contributed by atoms with Crippen LogP contribution in [0, 0.1) is 0 Å². The van der Waals surface area contributed by atoms with Gasteiger partial charge in [-0.25, -0.2) is 0 Å². The Morgan fingerprint density at radius 1 is 1.14 bits per heavy atom. The number of halogens is 1. The van der Waals surface area contributed by atoms with Gasteiger partial charge in [-0.05, 0) is 30.5 Å². The predicted octanol–water partition coefficient (Wildman–Crippen LogP) is 1.62. The molecule has 1 N–H and O–H groups in total. The van der Waals surface area contributed by atoms with E-state index in [0.29, 0.717) is 6.54 Å². The molecule has 1 aromatic rings. The number of aliphatic hydroxyl groups excluding tert-OH is 1. The van der Waals surface area contributed by atoms with Gasteiger partial charge in [0.05, 0.1) is 12.0 Å². The highest BCUT2D eigenvalue weighted by molar-refractivity contribution is 9.10. The van der Waals surface area contributed by atoms with E-state index < -0.39 is 0 Å². The summed E-state index contributed by atoms with van der Waals surface area (Å²) >= 11 is 3.45. The number of nitrogens with zero attached hydrogens (tertiary/aromatic N) is 2. The third kappa shape index (κ3) is 3.00. The first-order valence-electron chi connectivity index (χ1n) is 7.54. The number of β-amino-alcohol motifs (C(OH)–C–C–N with tert-alkyl or cyclic N) is 1. The molecular formula is C16H21BrN2O2. The van der Waals surface area contributed by atoms with Gasteiger partial charge < -0.3 is 10.0 Å². The number of carbonyl (C=O) groups excluding carboxylic acids is 1. The maximum absolute atomic E-state index is 12.9. The highest BCUT2D eigenvalue weighted by Crippen LogP contribution is 2.49. The molecule has 0 radical (unpaired) electrons. The molecule has 1 amide bonds. The molecule has 1 heterocycles. The normalized spacial score (nSPS) is 21.3. The van der Waals surface area contributed by atoms with E-state index in [1.807, 2.05) is 17.0 Å². The summed E-state index contributed by atoms with van der Waals surface area (Å²) < 4.78 is 1.05.